The number of carboxylic acids is 1. The van der Waals surface area contributed by atoms with Crippen molar-refractivity contribution in [3.63, 3.8) is 0 Å². The third-order valence-electron chi connectivity index (χ3n) is 4.21. The number of carboxylic acid groups (broad SMARTS) is 1. The highest BCUT2D eigenvalue weighted by molar-refractivity contribution is 8.22. The van der Waals surface area contributed by atoms with E-state index in [0.29, 0.717) is 5.92 Å². The molecule has 0 amide bonds. The Morgan fingerprint density at radius 2 is 2.10 bits per heavy atom. The Bertz CT molecular complexity index is 357. The van der Waals surface area contributed by atoms with Crippen molar-refractivity contribution < 1.29 is 9.90 Å². The maximum Gasteiger partial charge on any atom is 0.306 e. The molecule has 2 fully saturated rings. The lowest BCUT2D eigenvalue weighted by Crippen LogP contribution is -2.46. The minimum absolute atomic E-state index is 0.105. The van der Waals surface area contributed by atoms with Crippen LogP contribution < -0.4 is 0 Å². The molecule has 114 valence electrons. The van der Waals surface area contributed by atoms with Gasteiger partial charge in [0.2, 0.25) is 0 Å². The van der Waals surface area contributed by atoms with Crippen molar-refractivity contribution >= 4 is 34.3 Å². The van der Waals surface area contributed by atoms with Crippen molar-refractivity contribution in [3.05, 3.63) is 0 Å². The van der Waals surface area contributed by atoms with Gasteiger partial charge in [0.1, 0.15) is 4.32 Å². The molecule has 0 unspecified atom stereocenters. The van der Waals surface area contributed by atoms with Crippen molar-refractivity contribution in [3.8, 4) is 0 Å². The Morgan fingerprint density at radius 1 is 1.40 bits per heavy atom. The van der Waals surface area contributed by atoms with Crippen molar-refractivity contribution in [2.75, 3.05) is 25.6 Å². The molecule has 0 radical (unpaired) electrons. The molecule has 1 aliphatic carbocycles. The van der Waals surface area contributed by atoms with Gasteiger partial charge in [-0.05, 0) is 38.0 Å². The molecule has 6 heteroatoms. The maximum absolute atomic E-state index is 11.0. The largest absolute Gasteiger partial charge is 0.481 e. The fourth-order valence-corrected chi connectivity index (χ4v) is 4.20. The summed E-state index contributed by atoms with van der Waals surface area (Å²) >= 11 is 7.15. The van der Waals surface area contributed by atoms with Crippen molar-refractivity contribution in [2.24, 2.45) is 11.8 Å². The summed E-state index contributed by atoms with van der Waals surface area (Å²) < 4.78 is 1.03. The van der Waals surface area contributed by atoms with Gasteiger partial charge in [-0.15, -0.1) is 0 Å². The number of aliphatic carboxylic acids is 1. The van der Waals surface area contributed by atoms with E-state index in [1.165, 1.54) is 0 Å². The van der Waals surface area contributed by atoms with Crippen LogP contribution in [0.2, 0.25) is 0 Å². The number of carbonyl (C=O) groups is 1. The number of thioether (sulfide) groups is 1. The first-order valence-electron chi connectivity index (χ1n) is 7.47. The molecular weight excluding hydrogens is 292 g/mol. The molecule has 1 heterocycles. The third-order valence-corrected chi connectivity index (χ3v) is 5.82. The molecule has 0 atom stereocenters. The fourth-order valence-electron chi connectivity index (χ4n) is 3.08. The van der Waals surface area contributed by atoms with E-state index in [4.69, 9.17) is 17.3 Å². The van der Waals surface area contributed by atoms with E-state index >= 15 is 0 Å². The second-order valence-corrected chi connectivity index (χ2v) is 7.43. The van der Waals surface area contributed by atoms with E-state index in [1.54, 1.807) is 11.8 Å². The van der Waals surface area contributed by atoms with Crippen LogP contribution in [0.4, 0.5) is 0 Å². The second kappa shape index (κ2) is 7.61. The van der Waals surface area contributed by atoms with Gasteiger partial charge < -0.3 is 10.0 Å². The molecule has 1 N–H and O–H groups in total. The van der Waals surface area contributed by atoms with E-state index in [-0.39, 0.29) is 5.92 Å². The molecule has 20 heavy (non-hydrogen) atoms. The Hall–Kier alpha value is -0.330. The highest BCUT2D eigenvalue weighted by Gasteiger charge is 2.28. The zero-order valence-electron chi connectivity index (χ0n) is 12.1. The Balaban J connectivity index is 1.77. The van der Waals surface area contributed by atoms with E-state index in [9.17, 15) is 4.79 Å². The molecule has 2 aliphatic rings. The topological polar surface area (TPSA) is 43.8 Å². The van der Waals surface area contributed by atoms with Gasteiger partial charge in [0.05, 0.1) is 18.5 Å². The van der Waals surface area contributed by atoms with E-state index in [0.717, 1.165) is 62.1 Å². The Labute approximate surface area is 130 Å². The first-order valence-corrected chi connectivity index (χ1v) is 8.86. The van der Waals surface area contributed by atoms with Crippen LogP contribution in [0, 0.1) is 11.8 Å². The SMILES string of the molecule is CCCN1CN(CC2CCC(C(=O)O)CC2)CSC1=S. The van der Waals surface area contributed by atoms with Crippen LogP contribution in [0.3, 0.4) is 0 Å². The quantitative estimate of drug-likeness (QED) is 0.787. The van der Waals surface area contributed by atoms with Gasteiger partial charge in [0.25, 0.3) is 0 Å². The Morgan fingerprint density at radius 3 is 2.70 bits per heavy atom. The highest BCUT2D eigenvalue weighted by Crippen LogP contribution is 2.30. The van der Waals surface area contributed by atoms with Crippen LogP contribution in [0.25, 0.3) is 0 Å². The van der Waals surface area contributed by atoms with Crippen LogP contribution in [-0.2, 0) is 4.79 Å². The van der Waals surface area contributed by atoms with Crippen LogP contribution in [0.5, 0.6) is 0 Å². The van der Waals surface area contributed by atoms with Gasteiger partial charge in [-0.2, -0.15) is 0 Å². The average molecular weight is 316 g/mol. The standard InChI is InChI=1S/C14H24N2O2S2/c1-2-7-16-9-15(10-20-14(16)19)8-11-3-5-12(6-4-11)13(17)18/h11-12H,2-10H2,1H3,(H,17,18). The summed E-state index contributed by atoms with van der Waals surface area (Å²) in [7, 11) is 0. The molecule has 0 aromatic heterocycles. The van der Waals surface area contributed by atoms with E-state index in [2.05, 4.69) is 16.7 Å². The maximum atomic E-state index is 11.0. The summed E-state index contributed by atoms with van der Waals surface area (Å²) in [5.74, 6) is 0.918. The second-order valence-electron chi connectivity index (χ2n) is 5.85. The zero-order valence-corrected chi connectivity index (χ0v) is 13.7. The summed E-state index contributed by atoms with van der Waals surface area (Å²) in [4.78, 5) is 15.7. The normalized spacial score (nSPS) is 28.6. The lowest BCUT2D eigenvalue weighted by atomic mass is 9.82. The molecule has 1 saturated heterocycles. The van der Waals surface area contributed by atoms with Crippen LogP contribution >= 0.6 is 24.0 Å². The van der Waals surface area contributed by atoms with Gasteiger partial charge in [-0.3, -0.25) is 9.69 Å². The molecule has 0 aromatic rings. The molecule has 2 rings (SSSR count). The van der Waals surface area contributed by atoms with Gasteiger partial charge >= 0.3 is 5.97 Å². The predicted molar refractivity (Wildman–Crippen MR) is 86.7 cm³/mol. The zero-order chi connectivity index (χ0) is 14.5. The van der Waals surface area contributed by atoms with E-state index in [1.807, 2.05) is 0 Å². The molecule has 4 nitrogen and oxygen atoms in total. The number of hydrogen-bond donors (Lipinski definition) is 1. The van der Waals surface area contributed by atoms with Crippen molar-refractivity contribution in [1.29, 1.82) is 0 Å². The predicted octanol–water partition coefficient (Wildman–Crippen LogP) is 2.84. The van der Waals surface area contributed by atoms with Crippen LogP contribution in [0.15, 0.2) is 0 Å². The lowest BCUT2D eigenvalue weighted by Gasteiger charge is -2.39. The van der Waals surface area contributed by atoms with Gasteiger partial charge in [0, 0.05) is 13.1 Å². The summed E-state index contributed by atoms with van der Waals surface area (Å²) in [5.41, 5.74) is 0. The van der Waals surface area contributed by atoms with Crippen molar-refractivity contribution in [2.45, 2.75) is 39.0 Å². The molecule has 0 bridgehead atoms. The van der Waals surface area contributed by atoms with Crippen LogP contribution in [-0.4, -0.2) is 50.8 Å². The van der Waals surface area contributed by atoms with Crippen molar-refractivity contribution in [1.82, 2.24) is 9.80 Å². The molecule has 1 aliphatic heterocycles. The molecule has 0 aromatic carbocycles. The number of thiocarbonyl (C=S) groups is 1. The average Bonchev–Trinajstić information content (AvgIpc) is 2.43. The van der Waals surface area contributed by atoms with Gasteiger partial charge in [-0.1, -0.05) is 30.9 Å². The Kier molecular flexibility index (Phi) is 6.11. The lowest BCUT2D eigenvalue weighted by molar-refractivity contribution is -0.143. The third kappa shape index (κ3) is 4.33. The molecule has 1 saturated carbocycles. The smallest absolute Gasteiger partial charge is 0.306 e. The fraction of sp³-hybridized carbons (Fsp3) is 0.857. The summed E-state index contributed by atoms with van der Waals surface area (Å²) in [6.45, 7) is 5.24. The molecular formula is C14H24N2O2S2. The summed E-state index contributed by atoms with van der Waals surface area (Å²) in [6.07, 6.45) is 4.92. The first-order chi connectivity index (χ1) is 9.60. The minimum Gasteiger partial charge on any atom is -0.481 e. The number of nitrogens with zero attached hydrogens (tertiary/aromatic N) is 2. The molecule has 0 spiro atoms. The summed E-state index contributed by atoms with van der Waals surface area (Å²) in [6, 6.07) is 0. The monoisotopic (exact) mass is 316 g/mol. The summed E-state index contributed by atoms with van der Waals surface area (Å²) in [5, 5.41) is 9.03. The minimum atomic E-state index is -0.614. The van der Waals surface area contributed by atoms with Gasteiger partial charge in [0.15, 0.2) is 0 Å². The first kappa shape index (κ1) is 16.0. The van der Waals surface area contributed by atoms with E-state index < -0.39 is 5.97 Å². The van der Waals surface area contributed by atoms with Crippen LogP contribution in [0.1, 0.15) is 39.0 Å². The number of hydrogen-bond acceptors (Lipinski definition) is 4. The number of rotatable bonds is 5. The van der Waals surface area contributed by atoms with Gasteiger partial charge in [-0.25, -0.2) is 0 Å². The highest BCUT2D eigenvalue weighted by atomic mass is 32.2.